The van der Waals surface area contributed by atoms with Crippen LogP contribution in [0.4, 0.5) is 5.82 Å². The summed E-state index contributed by atoms with van der Waals surface area (Å²) in [4.78, 5) is 16.1. The molecule has 1 N–H and O–H groups in total. The molecule has 0 saturated carbocycles. The van der Waals surface area contributed by atoms with E-state index in [4.69, 9.17) is 11.6 Å². The minimum absolute atomic E-state index is 0.175. The Hall–Kier alpha value is -1.87. The number of hydrogen-bond acceptors (Lipinski definition) is 2. The lowest BCUT2D eigenvalue weighted by atomic mass is 10.0. The Morgan fingerprint density at radius 1 is 1.17 bits per heavy atom. The normalized spacial score (nSPS) is 10.2. The second kappa shape index (κ2) is 5.19. The molecule has 1 aromatic heterocycles. The van der Waals surface area contributed by atoms with Gasteiger partial charge in [0.1, 0.15) is 11.0 Å². The molecular weight excluding hydrogens is 248 g/mol. The Kier molecular flexibility index (Phi) is 3.63. The van der Waals surface area contributed by atoms with Crippen molar-refractivity contribution in [3.63, 3.8) is 0 Å². The molecule has 0 bridgehead atoms. The molecule has 1 heterocycles. The maximum atomic E-state index is 12.1. The van der Waals surface area contributed by atoms with E-state index in [9.17, 15) is 4.79 Å². The van der Waals surface area contributed by atoms with Gasteiger partial charge in [0.25, 0.3) is 5.91 Å². The average Bonchev–Trinajstić information content (AvgIpc) is 2.32. The summed E-state index contributed by atoms with van der Waals surface area (Å²) in [7, 11) is 0. The van der Waals surface area contributed by atoms with E-state index in [1.165, 1.54) is 0 Å². The lowest BCUT2D eigenvalue weighted by Crippen LogP contribution is -2.14. The number of carbonyl (C=O) groups excluding carboxylic acids is 1. The number of anilines is 1. The zero-order chi connectivity index (χ0) is 13.1. The van der Waals surface area contributed by atoms with Gasteiger partial charge in [0.15, 0.2) is 0 Å². The third-order valence-corrected chi connectivity index (χ3v) is 3.02. The third-order valence-electron chi connectivity index (χ3n) is 2.81. The monoisotopic (exact) mass is 260 g/mol. The fourth-order valence-corrected chi connectivity index (χ4v) is 1.82. The molecule has 0 aliphatic rings. The van der Waals surface area contributed by atoms with Gasteiger partial charge in [-0.05, 0) is 43.2 Å². The highest BCUT2D eigenvalue weighted by molar-refractivity contribution is 6.29. The van der Waals surface area contributed by atoms with Crippen molar-refractivity contribution < 1.29 is 4.79 Å². The van der Waals surface area contributed by atoms with E-state index in [1.54, 1.807) is 24.3 Å². The lowest BCUT2D eigenvalue weighted by Gasteiger charge is -2.09. The number of aryl methyl sites for hydroxylation is 1. The Morgan fingerprint density at radius 3 is 2.61 bits per heavy atom. The van der Waals surface area contributed by atoms with E-state index in [0.29, 0.717) is 16.5 Å². The summed E-state index contributed by atoms with van der Waals surface area (Å²) in [5, 5.41) is 3.09. The van der Waals surface area contributed by atoms with Gasteiger partial charge in [-0.25, -0.2) is 4.98 Å². The third kappa shape index (κ3) is 2.68. The molecule has 0 atom stereocenters. The molecule has 0 fully saturated rings. The van der Waals surface area contributed by atoms with Crippen LogP contribution >= 0.6 is 11.6 Å². The highest BCUT2D eigenvalue weighted by atomic mass is 35.5. The summed E-state index contributed by atoms with van der Waals surface area (Å²) in [6.45, 7) is 3.90. The second-order valence-corrected chi connectivity index (χ2v) is 4.43. The molecule has 1 amide bonds. The van der Waals surface area contributed by atoms with Crippen molar-refractivity contribution in [1.82, 2.24) is 4.98 Å². The second-order valence-electron chi connectivity index (χ2n) is 4.05. The quantitative estimate of drug-likeness (QED) is 0.839. The van der Waals surface area contributed by atoms with Gasteiger partial charge in [-0.2, -0.15) is 0 Å². The molecule has 0 aliphatic carbocycles. The molecule has 3 nitrogen and oxygen atoms in total. The minimum atomic E-state index is -0.175. The van der Waals surface area contributed by atoms with Gasteiger partial charge in [0.2, 0.25) is 0 Å². The highest BCUT2D eigenvalue weighted by Gasteiger charge is 2.10. The fourth-order valence-electron chi connectivity index (χ4n) is 1.66. The molecule has 2 aromatic rings. The van der Waals surface area contributed by atoms with Crippen molar-refractivity contribution in [2.24, 2.45) is 0 Å². The van der Waals surface area contributed by atoms with Crippen LogP contribution in [0.5, 0.6) is 0 Å². The Labute approximate surface area is 111 Å². The average molecular weight is 261 g/mol. The van der Waals surface area contributed by atoms with Gasteiger partial charge in [0.05, 0.1) is 0 Å². The molecule has 0 aliphatic heterocycles. The summed E-state index contributed by atoms with van der Waals surface area (Å²) in [6.07, 6.45) is 0. The predicted octanol–water partition coefficient (Wildman–Crippen LogP) is 3.60. The number of amides is 1. The fraction of sp³-hybridized carbons (Fsp3) is 0.143. The first-order valence-corrected chi connectivity index (χ1v) is 5.96. The Bertz CT molecular complexity index is 596. The highest BCUT2D eigenvalue weighted by Crippen LogP contribution is 2.15. The van der Waals surface area contributed by atoms with Crippen LogP contribution in [0.2, 0.25) is 5.15 Å². The van der Waals surface area contributed by atoms with Gasteiger partial charge in [-0.15, -0.1) is 0 Å². The first-order valence-electron chi connectivity index (χ1n) is 5.58. The van der Waals surface area contributed by atoms with Crippen LogP contribution in [0.25, 0.3) is 0 Å². The SMILES string of the molecule is Cc1cccc(C(=O)Nc2cccc(Cl)n2)c1C. The van der Waals surface area contributed by atoms with Crippen molar-refractivity contribution in [2.75, 3.05) is 5.32 Å². The Balaban J connectivity index is 2.25. The zero-order valence-corrected chi connectivity index (χ0v) is 11.0. The smallest absolute Gasteiger partial charge is 0.257 e. The molecule has 92 valence electrons. The molecule has 0 saturated heterocycles. The maximum Gasteiger partial charge on any atom is 0.257 e. The molecule has 0 unspecified atom stereocenters. The van der Waals surface area contributed by atoms with Gasteiger partial charge in [0, 0.05) is 5.56 Å². The van der Waals surface area contributed by atoms with Crippen LogP contribution < -0.4 is 5.32 Å². The number of carbonyl (C=O) groups is 1. The number of benzene rings is 1. The molecule has 1 aromatic carbocycles. The number of hydrogen-bond donors (Lipinski definition) is 1. The van der Waals surface area contributed by atoms with Crippen molar-refractivity contribution in [1.29, 1.82) is 0 Å². The van der Waals surface area contributed by atoms with Crippen molar-refractivity contribution in [3.05, 3.63) is 58.2 Å². The summed E-state index contributed by atoms with van der Waals surface area (Å²) >= 11 is 5.77. The van der Waals surface area contributed by atoms with Crippen molar-refractivity contribution in [2.45, 2.75) is 13.8 Å². The topological polar surface area (TPSA) is 42.0 Å². The van der Waals surface area contributed by atoms with Gasteiger partial charge in [-0.3, -0.25) is 4.79 Å². The first-order chi connectivity index (χ1) is 8.58. The lowest BCUT2D eigenvalue weighted by molar-refractivity contribution is 0.102. The van der Waals surface area contributed by atoms with E-state index in [2.05, 4.69) is 10.3 Å². The molecule has 18 heavy (non-hydrogen) atoms. The van der Waals surface area contributed by atoms with Crippen LogP contribution in [0, 0.1) is 13.8 Å². The van der Waals surface area contributed by atoms with E-state index < -0.39 is 0 Å². The van der Waals surface area contributed by atoms with E-state index in [1.807, 2.05) is 26.0 Å². The van der Waals surface area contributed by atoms with E-state index in [-0.39, 0.29) is 5.91 Å². The standard InChI is InChI=1S/C14H13ClN2O/c1-9-5-3-6-11(10(9)2)14(18)17-13-8-4-7-12(15)16-13/h3-8H,1-2H3,(H,16,17,18). The predicted molar refractivity (Wildman–Crippen MR) is 73.1 cm³/mol. The van der Waals surface area contributed by atoms with Crippen LogP contribution in [0.1, 0.15) is 21.5 Å². The Morgan fingerprint density at radius 2 is 1.89 bits per heavy atom. The number of nitrogens with one attached hydrogen (secondary N) is 1. The molecule has 0 spiro atoms. The van der Waals surface area contributed by atoms with Crippen LogP contribution in [-0.2, 0) is 0 Å². The summed E-state index contributed by atoms with van der Waals surface area (Å²) in [5.41, 5.74) is 2.70. The van der Waals surface area contributed by atoms with Crippen LogP contribution in [-0.4, -0.2) is 10.9 Å². The summed E-state index contributed by atoms with van der Waals surface area (Å²) in [5.74, 6) is 0.277. The molecule has 4 heteroatoms. The summed E-state index contributed by atoms with van der Waals surface area (Å²) in [6, 6.07) is 10.7. The number of pyridine rings is 1. The van der Waals surface area contributed by atoms with Gasteiger partial charge >= 0.3 is 0 Å². The molecular formula is C14H13ClN2O. The summed E-state index contributed by atoms with van der Waals surface area (Å²) < 4.78 is 0. The van der Waals surface area contributed by atoms with Gasteiger partial charge < -0.3 is 5.32 Å². The molecule has 2 rings (SSSR count). The number of aromatic nitrogens is 1. The number of halogens is 1. The largest absolute Gasteiger partial charge is 0.307 e. The maximum absolute atomic E-state index is 12.1. The molecule has 0 radical (unpaired) electrons. The van der Waals surface area contributed by atoms with Crippen LogP contribution in [0.15, 0.2) is 36.4 Å². The van der Waals surface area contributed by atoms with E-state index in [0.717, 1.165) is 11.1 Å². The van der Waals surface area contributed by atoms with Crippen molar-refractivity contribution in [3.8, 4) is 0 Å². The number of rotatable bonds is 2. The zero-order valence-electron chi connectivity index (χ0n) is 10.2. The van der Waals surface area contributed by atoms with Crippen LogP contribution in [0.3, 0.4) is 0 Å². The number of nitrogens with zero attached hydrogens (tertiary/aromatic N) is 1. The van der Waals surface area contributed by atoms with Crippen molar-refractivity contribution >= 4 is 23.3 Å². The minimum Gasteiger partial charge on any atom is -0.307 e. The van der Waals surface area contributed by atoms with Gasteiger partial charge in [-0.1, -0.05) is 29.8 Å². The van der Waals surface area contributed by atoms with E-state index >= 15 is 0 Å². The first kappa shape index (κ1) is 12.6.